The van der Waals surface area contributed by atoms with E-state index in [-0.39, 0.29) is 0 Å². The Balaban J connectivity index is 2.57. The first kappa shape index (κ1) is 8.95. The monoisotopic (exact) mass is 182 g/mol. The molecule has 0 aliphatic carbocycles. The van der Waals surface area contributed by atoms with Crippen LogP contribution in [-0.2, 0) is 0 Å². The van der Waals surface area contributed by atoms with Gasteiger partial charge in [0.05, 0.1) is 6.20 Å². The van der Waals surface area contributed by atoms with E-state index < -0.39 is 0 Å². The lowest BCUT2D eigenvalue weighted by molar-refractivity contribution is 1.30. The van der Waals surface area contributed by atoms with Gasteiger partial charge in [-0.3, -0.25) is 4.98 Å². The molecule has 69 valence electrons. The lowest BCUT2D eigenvalue weighted by atomic mass is 10.00. The van der Waals surface area contributed by atoms with Gasteiger partial charge in [-0.1, -0.05) is 29.8 Å². The fourth-order valence-corrected chi connectivity index (χ4v) is 1.53. The molecule has 1 heteroatoms. The van der Waals surface area contributed by atoms with E-state index in [0.29, 0.717) is 0 Å². The molecule has 1 radical (unpaired) electrons. The van der Waals surface area contributed by atoms with Gasteiger partial charge in [-0.05, 0) is 31.0 Å². The highest BCUT2D eigenvalue weighted by Gasteiger charge is 2.00. The van der Waals surface area contributed by atoms with E-state index in [1.165, 1.54) is 16.7 Å². The molecule has 0 aliphatic rings. The number of pyridine rings is 1. The molecule has 0 aliphatic heterocycles. The molecule has 1 aromatic carbocycles. The maximum absolute atomic E-state index is 4.01. The molecule has 0 saturated carbocycles. The number of hydrogen-bond acceptors (Lipinski definition) is 1. The van der Waals surface area contributed by atoms with Gasteiger partial charge in [0.2, 0.25) is 0 Å². The van der Waals surface area contributed by atoms with Crippen molar-refractivity contribution in [2.24, 2.45) is 0 Å². The molecule has 0 atom stereocenters. The van der Waals surface area contributed by atoms with E-state index in [1.54, 1.807) is 0 Å². The Hall–Kier alpha value is -1.63. The second kappa shape index (κ2) is 3.62. The minimum atomic E-state index is 1.16. The van der Waals surface area contributed by atoms with Crippen LogP contribution in [0.1, 0.15) is 11.1 Å². The van der Waals surface area contributed by atoms with Gasteiger partial charge < -0.3 is 0 Å². The van der Waals surface area contributed by atoms with Gasteiger partial charge in [-0.25, -0.2) is 0 Å². The van der Waals surface area contributed by atoms with Crippen LogP contribution in [0.15, 0.2) is 36.5 Å². The lowest BCUT2D eigenvalue weighted by Gasteiger charge is -2.06. The topological polar surface area (TPSA) is 12.9 Å². The minimum Gasteiger partial charge on any atom is -0.254 e. The first-order valence-corrected chi connectivity index (χ1v) is 4.67. The normalized spacial score (nSPS) is 10.1. The number of hydrogen-bond donors (Lipinski definition) is 0. The zero-order valence-electron chi connectivity index (χ0n) is 8.41. The highest BCUT2D eigenvalue weighted by Crippen LogP contribution is 2.23. The molecule has 2 rings (SSSR count). The van der Waals surface area contributed by atoms with Gasteiger partial charge in [-0.2, -0.15) is 0 Å². The van der Waals surface area contributed by atoms with Crippen LogP contribution in [0.2, 0.25) is 0 Å². The van der Waals surface area contributed by atoms with Gasteiger partial charge >= 0.3 is 0 Å². The SMILES string of the molecule is Cc1ccc(C)c(-c2cc[c]nc2)c1. The molecule has 0 unspecified atom stereocenters. The summed E-state index contributed by atoms with van der Waals surface area (Å²) in [5, 5.41) is 0. The molecule has 0 amide bonds. The number of aryl methyl sites for hydroxylation is 2. The van der Waals surface area contributed by atoms with Crippen LogP contribution < -0.4 is 0 Å². The molecule has 1 aromatic heterocycles. The van der Waals surface area contributed by atoms with E-state index in [0.717, 1.165) is 5.56 Å². The summed E-state index contributed by atoms with van der Waals surface area (Å²) in [6.07, 6.45) is 4.64. The Bertz CT molecular complexity index is 432. The smallest absolute Gasteiger partial charge is 0.0886 e. The van der Waals surface area contributed by atoms with Crippen molar-refractivity contribution in [3.05, 3.63) is 53.9 Å². The van der Waals surface area contributed by atoms with Crippen LogP contribution in [0.3, 0.4) is 0 Å². The second-order valence-corrected chi connectivity index (χ2v) is 3.49. The zero-order chi connectivity index (χ0) is 9.97. The van der Waals surface area contributed by atoms with Gasteiger partial charge in [0, 0.05) is 11.8 Å². The van der Waals surface area contributed by atoms with Gasteiger partial charge in [-0.15, -0.1) is 0 Å². The van der Waals surface area contributed by atoms with Crippen molar-refractivity contribution in [3.8, 4) is 11.1 Å². The van der Waals surface area contributed by atoms with Crippen molar-refractivity contribution in [3.63, 3.8) is 0 Å². The van der Waals surface area contributed by atoms with Crippen molar-refractivity contribution in [2.75, 3.05) is 0 Å². The van der Waals surface area contributed by atoms with E-state index >= 15 is 0 Å². The first-order valence-electron chi connectivity index (χ1n) is 4.67. The Morgan fingerprint density at radius 1 is 1.14 bits per heavy atom. The summed E-state index contributed by atoms with van der Waals surface area (Å²) in [5.74, 6) is 0. The average molecular weight is 182 g/mol. The fourth-order valence-electron chi connectivity index (χ4n) is 1.53. The highest BCUT2D eigenvalue weighted by atomic mass is 14.6. The average Bonchev–Trinajstić information content (AvgIpc) is 2.23. The predicted molar refractivity (Wildman–Crippen MR) is 58.0 cm³/mol. The summed E-state index contributed by atoms with van der Waals surface area (Å²) in [4.78, 5) is 4.01. The molecule has 0 fully saturated rings. The summed E-state index contributed by atoms with van der Waals surface area (Å²) >= 11 is 0. The van der Waals surface area contributed by atoms with Gasteiger partial charge in [0.1, 0.15) is 0 Å². The van der Waals surface area contributed by atoms with Crippen molar-refractivity contribution in [1.29, 1.82) is 0 Å². The molecular formula is C13H12N. The third-order valence-electron chi connectivity index (χ3n) is 2.32. The number of nitrogens with zero attached hydrogens (tertiary/aromatic N) is 1. The Morgan fingerprint density at radius 2 is 2.00 bits per heavy atom. The molecular weight excluding hydrogens is 170 g/mol. The summed E-state index contributed by atoms with van der Waals surface area (Å²) in [6, 6.07) is 10.3. The van der Waals surface area contributed by atoms with Crippen molar-refractivity contribution in [1.82, 2.24) is 4.98 Å². The molecule has 0 spiro atoms. The van der Waals surface area contributed by atoms with Crippen LogP contribution in [0.25, 0.3) is 11.1 Å². The number of rotatable bonds is 1. The molecule has 14 heavy (non-hydrogen) atoms. The van der Waals surface area contributed by atoms with E-state index in [1.807, 2.05) is 18.3 Å². The molecule has 1 heterocycles. The Morgan fingerprint density at radius 3 is 2.71 bits per heavy atom. The standard InChI is InChI=1S/C13H12N/c1-10-5-6-11(2)13(8-10)12-4-3-7-14-9-12/h3-6,8-9H,1-2H3. The van der Waals surface area contributed by atoms with E-state index in [2.05, 4.69) is 43.2 Å². The fraction of sp³-hybridized carbons (Fsp3) is 0.154. The Labute approximate surface area is 84.4 Å². The van der Waals surface area contributed by atoms with E-state index in [4.69, 9.17) is 0 Å². The van der Waals surface area contributed by atoms with Crippen LogP contribution in [0, 0.1) is 20.0 Å². The van der Waals surface area contributed by atoms with Gasteiger partial charge in [0.25, 0.3) is 0 Å². The quantitative estimate of drug-likeness (QED) is 0.660. The van der Waals surface area contributed by atoms with E-state index in [9.17, 15) is 0 Å². The van der Waals surface area contributed by atoms with Crippen molar-refractivity contribution >= 4 is 0 Å². The lowest BCUT2D eigenvalue weighted by Crippen LogP contribution is -1.85. The summed E-state index contributed by atoms with van der Waals surface area (Å²) in [7, 11) is 0. The summed E-state index contributed by atoms with van der Waals surface area (Å²) < 4.78 is 0. The third kappa shape index (κ3) is 1.67. The highest BCUT2D eigenvalue weighted by molar-refractivity contribution is 5.66. The number of aromatic nitrogens is 1. The van der Waals surface area contributed by atoms with Crippen LogP contribution >= 0.6 is 0 Å². The summed E-state index contributed by atoms with van der Waals surface area (Å²) in [6.45, 7) is 4.22. The molecule has 1 nitrogen and oxygen atoms in total. The third-order valence-corrected chi connectivity index (χ3v) is 2.32. The zero-order valence-corrected chi connectivity index (χ0v) is 8.41. The summed E-state index contributed by atoms with van der Waals surface area (Å²) in [5.41, 5.74) is 4.97. The number of benzene rings is 1. The minimum absolute atomic E-state index is 1.16. The molecule has 0 N–H and O–H groups in total. The van der Waals surface area contributed by atoms with Gasteiger partial charge in [0.15, 0.2) is 0 Å². The van der Waals surface area contributed by atoms with Crippen molar-refractivity contribution < 1.29 is 0 Å². The largest absolute Gasteiger partial charge is 0.254 e. The molecule has 2 aromatic rings. The van der Waals surface area contributed by atoms with Crippen LogP contribution in [-0.4, -0.2) is 4.98 Å². The van der Waals surface area contributed by atoms with Crippen LogP contribution in [0.5, 0.6) is 0 Å². The second-order valence-electron chi connectivity index (χ2n) is 3.49. The molecule has 0 saturated heterocycles. The van der Waals surface area contributed by atoms with Crippen molar-refractivity contribution in [2.45, 2.75) is 13.8 Å². The maximum atomic E-state index is 4.01. The molecule has 0 bridgehead atoms. The maximum Gasteiger partial charge on any atom is 0.0886 e. The Kier molecular flexibility index (Phi) is 2.32. The van der Waals surface area contributed by atoms with Crippen LogP contribution in [0.4, 0.5) is 0 Å². The predicted octanol–water partition coefficient (Wildman–Crippen LogP) is 3.17. The first-order chi connectivity index (χ1) is 6.77.